The van der Waals surface area contributed by atoms with E-state index in [0.29, 0.717) is 11.7 Å². The van der Waals surface area contributed by atoms with Gasteiger partial charge in [-0.2, -0.15) is 9.61 Å². The number of halogens is 1. The molecule has 3 aliphatic rings. The molecule has 2 unspecified atom stereocenters. The Balaban J connectivity index is 0.00000141. The fourth-order valence-corrected chi connectivity index (χ4v) is 5.68. The van der Waals surface area contributed by atoms with Gasteiger partial charge in [-0.25, -0.2) is 4.98 Å². The van der Waals surface area contributed by atoms with E-state index in [0.717, 1.165) is 66.6 Å². The molecule has 0 bridgehead atoms. The molecule has 0 aromatic carbocycles. The van der Waals surface area contributed by atoms with E-state index >= 15 is 0 Å². The molecule has 0 spiro atoms. The van der Waals surface area contributed by atoms with Gasteiger partial charge in [-0.1, -0.05) is 44.2 Å². The predicted octanol–water partition coefficient (Wildman–Crippen LogP) is 5.58. The van der Waals surface area contributed by atoms with E-state index in [1.54, 1.807) is 11.4 Å². The average molecular weight is 540 g/mol. The van der Waals surface area contributed by atoms with Gasteiger partial charge in [-0.05, 0) is 47.2 Å². The van der Waals surface area contributed by atoms with Gasteiger partial charge in [0.05, 0.1) is 22.4 Å². The monoisotopic (exact) mass is 538 g/mol. The molecule has 0 radical (unpaired) electrons. The van der Waals surface area contributed by atoms with Crippen molar-refractivity contribution in [2.45, 2.75) is 64.8 Å². The minimum Gasteiger partial charge on any atom is -0.383 e. The normalized spacial score (nSPS) is 22.5. The molecule has 1 saturated heterocycles. The minimum atomic E-state index is 0.154. The lowest BCUT2D eigenvalue weighted by Gasteiger charge is -2.27. The highest BCUT2D eigenvalue weighted by atomic mass is 79.9. The van der Waals surface area contributed by atoms with Crippen LogP contribution in [0, 0.1) is 5.92 Å². The first kappa shape index (κ1) is 25.4. The van der Waals surface area contributed by atoms with Crippen LogP contribution < -0.4 is 5.73 Å². The van der Waals surface area contributed by atoms with Crippen molar-refractivity contribution in [3.63, 3.8) is 0 Å². The van der Waals surface area contributed by atoms with Crippen LogP contribution in [0.1, 0.15) is 70.1 Å². The van der Waals surface area contributed by atoms with Crippen molar-refractivity contribution in [1.82, 2.24) is 19.5 Å². The van der Waals surface area contributed by atoms with Gasteiger partial charge in [-0.15, -0.1) is 0 Å². The molecule has 1 amide bonds. The first-order valence-corrected chi connectivity index (χ1v) is 13.5. The van der Waals surface area contributed by atoms with Crippen LogP contribution in [0.3, 0.4) is 0 Å². The maximum Gasteiger partial charge on any atom is 0.219 e. The molecule has 7 nitrogen and oxygen atoms in total. The first-order valence-electron chi connectivity index (χ1n) is 12.7. The number of aromatic nitrogens is 3. The Hall–Kier alpha value is -2.74. The van der Waals surface area contributed by atoms with Crippen LogP contribution in [-0.2, 0) is 4.79 Å². The fraction of sp³-hybridized carbons (Fsp3) is 0.481. The van der Waals surface area contributed by atoms with Crippen molar-refractivity contribution in [1.29, 1.82) is 0 Å². The molecule has 2 N–H and O–H groups in total. The van der Waals surface area contributed by atoms with E-state index in [4.69, 9.17) is 15.7 Å². The van der Waals surface area contributed by atoms with Crippen LogP contribution in [0.5, 0.6) is 0 Å². The van der Waals surface area contributed by atoms with Gasteiger partial charge >= 0.3 is 0 Å². The second kappa shape index (κ2) is 11.3. The molecular weight excluding hydrogens is 504 g/mol. The number of carbonyl (C=O) groups excluding carboxylic acids is 1. The zero-order valence-electron chi connectivity index (χ0n) is 20.8. The number of fused-ring (bicyclic) bond motifs is 2. The van der Waals surface area contributed by atoms with Gasteiger partial charge in [0.1, 0.15) is 5.82 Å². The number of allylic oxidation sites excluding steroid dienone is 3. The lowest BCUT2D eigenvalue weighted by molar-refractivity contribution is -0.129. The molecule has 8 heteroatoms. The Morgan fingerprint density at radius 3 is 2.57 bits per heavy atom. The summed E-state index contributed by atoms with van der Waals surface area (Å²) < 4.78 is 2.57. The van der Waals surface area contributed by atoms with Crippen molar-refractivity contribution < 1.29 is 4.79 Å². The molecule has 0 saturated carbocycles. The minimum absolute atomic E-state index is 0.154. The Bertz CT molecular complexity index is 1180. The van der Waals surface area contributed by atoms with Gasteiger partial charge in [0.25, 0.3) is 0 Å². The molecule has 35 heavy (non-hydrogen) atoms. The van der Waals surface area contributed by atoms with E-state index in [9.17, 15) is 4.79 Å². The molecule has 2 aromatic rings. The van der Waals surface area contributed by atoms with Crippen molar-refractivity contribution in [3.05, 3.63) is 52.3 Å². The first-order chi connectivity index (χ1) is 17.0. The summed E-state index contributed by atoms with van der Waals surface area (Å²) in [5, 5.41) is 4.58. The zero-order valence-corrected chi connectivity index (χ0v) is 22.4. The summed E-state index contributed by atoms with van der Waals surface area (Å²) in [6, 6.07) is 0.154. The SMILES string of the molecule is CC.CC(=O)N1CCCC(c2nc3c(C4=CC5C=CC=CC5N=CC4)cnn3c(N)c2Br)CCC1. The fourth-order valence-electron chi connectivity index (χ4n) is 5.10. The van der Waals surface area contributed by atoms with Crippen molar-refractivity contribution in [3.8, 4) is 0 Å². The predicted molar refractivity (Wildman–Crippen MR) is 147 cm³/mol. The quantitative estimate of drug-likeness (QED) is 0.540. The number of hydrogen-bond acceptors (Lipinski definition) is 5. The molecule has 2 atom stereocenters. The summed E-state index contributed by atoms with van der Waals surface area (Å²) in [4.78, 5) is 23.6. The number of nitrogen functional groups attached to an aromatic ring is 1. The maximum absolute atomic E-state index is 11.8. The Labute approximate surface area is 216 Å². The van der Waals surface area contributed by atoms with E-state index in [2.05, 4.69) is 51.4 Å². The molecule has 2 aromatic heterocycles. The zero-order chi connectivity index (χ0) is 24.9. The Morgan fingerprint density at radius 1 is 1.14 bits per heavy atom. The van der Waals surface area contributed by atoms with Crippen molar-refractivity contribution in [2.24, 2.45) is 10.9 Å². The molecule has 2 aliphatic heterocycles. The van der Waals surface area contributed by atoms with Crippen LogP contribution in [0.4, 0.5) is 5.82 Å². The summed E-state index contributed by atoms with van der Waals surface area (Å²) in [5.41, 5.74) is 10.5. The van der Waals surface area contributed by atoms with Gasteiger partial charge < -0.3 is 10.6 Å². The molecule has 5 rings (SSSR count). The summed E-state index contributed by atoms with van der Waals surface area (Å²) in [6.07, 6.45) is 19.3. The summed E-state index contributed by atoms with van der Waals surface area (Å²) in [5.74, 6) is 1.27. The van der Waals surface area contributed by atoms with Gasteiger partial charge in [0, 0.05) is 50.0 Å². The van der Waals surface area contributed by atoms with E-state index in [-0.39, 0.29) is 17.9 Å². The maximum atomic E-state index is 11.8. The van der Waals surface area contributed by atoms with Crippen molar-refractivity contribution in [2.75, 3.05) is 18.8 Å². The van der Waals surface area contributed by atoms with Crippen LogP contribution in [0.15, 0.2) is 46.0 Å². The number of rotatable bonds is 2. The van der Waals surface area contributed by atoms with Gasteiger partial charge in [0.2, 0.25) is 5.91 Å². The molecule has 186 valence electrons. The third kappa shape index (κ3) is 5.27. The highest BCUT2D eigenvalue weighted by Crippen LogP contribution is 2.37. The van der Waals surface area contributed by atoms with Crippen LogP contribution in [-0.4, -0.2) is 50.8 Å². The molecule has 1 fully saturated rings. The number of amides is 1. The van der Waals surface area contributed by atoms with Crippen LogP contribution in [0.2, 0.25) is 0 Å². The van der Waals surface area contributed by atoms with Gasteiger partial charge in [0.15, 0.2) is 5.65 Å². The Kier molecular flexibility index (Phi) is 8.21. The summed E-state index contributed by atoms with van der Waals surface area (Å²) >= 11 is 3.71. The third-order valence-corrected chi connectivity index (χ3v) is 7.73. The number of anilines is 1. The third-order valence-electron chi connectivity index (χ3n) is 6.92. The second-order valence-corrected chi connectivity index (χ2v) is 9.84. The summed E-state index contributed by atoms with van der Waals surface area (Å²) in [7, 11) is 0. The lowest BCUT2D eigenvalue weighted by atomic mass is 9.91. The number of nitrogens with zero attached hydrogens (tertiary/aromatic N) is 5. The second-order valence-electron chi connectivity index (χ2n) is 9.04. The lowest BCUT2D eigenvalue weighted by Crippen LogP contribution is -2.32. The van der Waals surface area contributed by atoms with Crippen LogP contribution >= 0.6 is 15.9 Å². The number of nitrogens with two attached hydrogens (primary N) is 1. The average Bonchev–Trinajstić information content (AvgIpc) is 3.15. The standard InChI is InChI=1S/C25H29BrN6O.C2H6/c1-16(33)31-12-4-7-17(8-5-13-31)23-22(26)24(27)32-25(30-23)20(15-29-32)18-10-11-28-21-9-3-2-6-19(21)14-18;1-2/h2-3,6,9,11,14-15,17,19,21H,4-5,7-8,10,12-13,27H2,1H3;1-2H3. The topological polar surface area (TPSA) is 88.9 Å². The molecular formula is C27H35BrN6O. The highest BCUT2D eigenvalue weighted by molar-refractivity contribution is 9.10. The Morgan fingerprint density at radius 2 is 1.86 bits per heavy atom. The van der Waals surface area contributed by atoms with E-state index < -0.39 is 0 Å². The smallest absolute Gasteiger partial charge is 0.219 e. The number of carbonyl (C=O) groups is 1. The largest absolute Gasteiger partial charge is 0.383 e. The number of aliphatic imine (C=N–C) groups is 1. The summed E-state index contributed by atoms with van der Waals surface area (Å²) in [6.45, 7) is 7.26. The number of likely N-dealkylation sites (tertiary alicyclic amines) is 1. The molecule has 4 heterocycles. The highest BCUT2D eigenvalue weighted by Gasteiger charge is 2.26. The van der Waals surface area contributed by atoms with Gasteiger partial charge in [-0.3, -0.25) is 9.79 Å². The van der Waals surface area contributed by atoms with Crippen molar-refractivity contribution >= 4 is 45.1 Å². The van der Waals surface area contributed by atoms with E-state index in [1.807, 2.05) is 31.2 Å². The number of hydrogen-bond donors (Lipinski definition) is 1. The molecule has 1 aliphatic carbocycles. The van der Waals surface area contributed by atoms with Crippen LogP contribution in [0.25, 0.3) is 11.2 Å². The van der Waals surface area contributed by atoms with E-state index in [1.165, 1.54) is 5.57 Å².